The lowest BCUT2D eigenvalue weighted by Crippen LogP contribution is -2.52. The molecule has 78 valence electrons. The Morgan fingerprint density at radius 1 is 1.54 bits per heavy atom. The van der Waals surface area contributed by atoms with E-state index in [2.05, 4.69) is 5.32 Å². The molecule has 0 aliphatic heterocycles. The second-order valence-corrected chi connectivity index (χ2v) is 3.91. The van der Waals surface area contributed by atoms with E-state index in [9.17, 15) is 4.79 Å². The third kappa shape index (κ3) is 3.53. The molecule has 0 aromatic carbocycles. The zero-order valence-electron chi connectivity index (χ0n) is 8.43. The van der Waals surface area contributed by atoms with E-state index in [-0.39, 0.29) is 12.5 Å². The Morgan fingerprint density at radius 2 is 2.00 bits per heavy atom. The minimum Gasteiger partial charge on any atom is -0.394 e. The number of halogens is 1. The van der Waals surface area contributed by atoms with Crippen molar-refractivity contribution >= 4 is 17.5 Å². The summed E-state index contributed by atoms with van der Waals surface area (Å²) in [7, 11) is 0. The number of hydrogen-bond donors (Lipinski definition) is 2. The van der Waals surface area contributed by atoms with Crippen LogP contribution in [0.5, 0.6) is 0 Å². The number of alkyl halides is 1. The van der Waals surface area contributed by atoms with Crippen molar-refractivity contribution in [1.29, 1.82) is 0 Å². The van der Waals surface area contributed by atoms with E-state index < -0.39 is 10.9 Å². The van der Waals surface area contributed by atoms with Gasteiger partial charge in [-0.25, -0.2) is 0 Å². The molecule has 2 N–H and O–H groups in total. The van der Waals surface area contributed by atoms with Gasteiger partial charge in [0.25, 0.3) is 0 Å². The number of aliphatic hydroxyl groups is 1. The van der Waals surface area contributed by atoms with Crippen LogP contribution in [-0.4, -0.2) is 28.5 Å². The van der Waals surface area contributed by atoms with E-state index in [1.165, 1.54) is 0 Å². The van der Waals surface area contributed by atoms with Crippen LogP contribution in [0.15, 0.2) is 0 Å². The molecule has 1 atom stereocenters. The first-order valence-corrected chi connectivity index (χ1v) is 5.02. The minimum atomic E-state index is -0.552. The molecule has 0 fully saturated rings. The van der Waals surface area contributed by atoms with Crippen molar-refractivity contribution in [2.75, 3.05) is 6.61 Å². The molecule has 0 radical (unpaired) electrons. The van der Waals surface area contributed by atoms with Crippen LogP contribution in [-0.2, 0) is 4.79 Å². The van der Waals surface area contributed by atoms with Crippen LogP contribution in [0.3, 0.4) is 0 Å². The Bertz CT molecular complexity index is 159. The van der Waals surface area contributed by atoms with E-state index in [1.807, 2.05) is 13.8 Å². The molecule has 0 bridgehead atoms. The molecule has 0 saturated heterocycles. The monoisotopic (exact) mass is 207 g/mol. The minimum absolute atomic E-state index is 0.0463. The summed E-state index contributed by atoms with van der Waals surface area (Å²) in [5.41, 5.74) is -0.500. The largest absolute Gasteiger partial charge is 0.394 e. The zero-order valence-corrected chi connectivity index (χ0v) is 9.19. The van der Waals surface area contributed by atoms with Crippen molar-refractivity contribution < 1.29 is 9.90 Å². The molecule has 0 spiro atoms. The highest BCUT2D eigenvalue weighted by atomic mass is 35.5. The lowest BCUT2D eigenvalue weighted by atomic mass is 9.94. The van der Waals surface area contributed by atoms with Gasteiger partial charge in [-0.2, -0.15) is 0 Å². The molecular formula is C9H18ClNO2. The first-order valence-electron chi connectivity index (χ1n) is 4.58. The van der Waals surface area contributed by atoms with Crippen LogP contribution >= 0.6 is 11.6 Å². The summed E-state index contributed by atoms with van der Waals surface area (Å²) < 4.78 is 0. The molecule has 0 aliphatic rings. The van der Waals surface area contributed by atoms with E-state index in [1.54, 1.807) is 6.92 Å². The van der Waals surface area contributed by atoms with Gasteiger partial charge in [0.1, 0.15) is 5.38 Å². The second-order valence-electron chi connectivity index (χ2n) is 3.25. The Balaban J connectivity index is 4.33. The van der Waals surface area contributed by atoms with Crippen LogP contribution in [0.2, 0.25) is 0 Å². The average Bonchev–Trinajstić information content (AvgIpc) is 2.14. The molecule has 1 unspecified atom stereocenters. The summed E-state index contributed by atoms with van der Waals surface area (Å²) in [6, 6.07) is 0. The van der Waals surface area contributed by atoms with Crippen LogP contribution in [0.25, 0.3) is 0 Å². The molecule has 0 saturated carbocycles. The summed E-state index contributed by atoms with van der Waals surface area (Å²) in [6.45, 7) is 5.43. The molecule has 13 heavy (non-hydrogen) atoms. The van der Waals surface area contributed by atoms with Crippen LogP contribution in [0, 0.1) is 0 Å². The van der Waals surface area contributed by atoms with E-state index >= 15 is 0 Å². The molecule has 1 amide bonds. The number of carbonyl (C=O) groups is 1. The smallest absolute Gasteiger partial charge is 0.238 e. The lowest BCUT2D eigenvalue weighted by molar-refractivity contribution is -0.123. The highest BCUT2D eigenvalue weighted by Crippen LogP contribution is 2.14. The molecule has 0 aromatic heterocycles. The van der Waals surface area contributed by atoms with Gasteiger partial charge in [0.2, 0.25) is 5.91 Å². The van der Waals surface area contributed by atoms with Crippen molar-refractivity contribution in [2.24, 2.45) is 0 Å². The fourth-order valence-electron chi connectivity index (χ4n) is 1.05. The van der Waals surface area contributed by atoms with Gasteiger partial charge in [0.05, 0.1) is 12.1 Å². The van der Waals surface area contributed by atoms with E-state index in [0.29, 0.717) is 12.8 Å². The van der Waals surface area contributed by atoms with Crippen molar-refractivity contribution in [1.82, 2.24) is 5.32 Å². The van der Waals surface area contributed by atoms with Gasteiger partial charge in [0.15, 0.2) is 0 Å². The van der Waals surface area contributed by atoms with E-state index in [0.717, 1.165) is 0 Å². The summed E-state index contributed by atoms with van der Waals surface area (Å²) >= 11 is 5.61. The van der Waals surface area contributed by atoms with Gasteiger partial charge in [-0.1, -0.05) is 13.8 Å². The highest BCUT2D eigenvalue weighted by Gasteiger charge is 2.28. The van der Waals surface area contributed by atoms with Crippen LogP contribution in [0.1, 0.15) is 33.6 Å². The number of amides is 1. The van der Waals surface area contributed by atoms with Gasteiger partial charge in [-0.05, 0) is 19.8 Å². The summed E-state index contributed by atoms with van der Waals surface area (Å²) in [5, 5.41) is 11.4. The van der Waals surface area contributed by atoms with Crippen LogP contribution in [0.4, 0.5) is 0 Å². The maximum Gasteiger partial charge on any atom is 0.238 e. The number of rotatable bonds is 5. The van der Waals surface area contributed by atoms with Gasteiger partial charge >= 0.3 is 0 Å². The topological polar surface area (TPSA) is 49.3 Å². The Hall–Kier alpha value is -0.280. The highest BCUT2D eigenvalue weighted by molar-refractivity contribution is 6.30. The van der Waals surface area contributed by atoms with Gasteiger partial charge in [-0.15, -0.1) is 11.6 Å². The molecule has 0 aliphatic carbocycles. The van der Waals surface area contributed by atoms with Gasteiger partial charge in [0, 0.05) is 0 Å². The molecule has 3 nitrogen and oxygen atoms in total. The molecule has 0 aromatic rings. The number of carbonyl (C=O) groups excluding carboxylic acids is 1. The molecule has 4 heteroatoms. The third-order valence-corrected chi connectivity index (χ3v) is 2.60. The first kappa shape index (κ1) is 12.7. The summed E-state index contributed by atoms with van der Waals surface area (Å²) in [4.78, 5) is 11.3. The number of aliphatic hydroxyl groups excluding tert-OH is 1. The normalized spacial score (nSPS) is 13.9. The van der Waals surface area contributed by atoms with Crippen molar-refractivity contribution in [2.45, 2.75) is 44.5 Å². The fraction of sp³-hybridized carbons (Fsp3) is 0.889. The van der Waals surface area contributed by atoms with Crippen molar-refractivity contribution in [3.8, 4) is 0 Å². The second kappa shape index (κ2) is 5.45. The maximum atomic E-state index is 11.3. The number of nitrogens with one attached hydrogen (secondary N) is 1. The average molecular weight is 208 g/mol. The Labute approximate surface area is 84.5 Å². The predicted molar refractivity (Wildman–Crippen MR) is 53.9 cm³/mol. The quantitative estimate of drug-likeness (QED) is 0.668. The zero-order chi connectivity index (χ0) is 10.5. The van der Waals surface area contributed by atoms with Crippen molar-refractivity contribution in [3.05, 3.63) is 0 Å². The SMILES string of the molecule is CCC(CC)(CO)NC(=O)C(C)Cl. The third-order valence-electron chi connectivity index (χ3n) is 2.41. The maximum absolute atomic E-state index is 11.3. The predicted octanol–water partition coefficient (Wildman–Crippen LogP) is 1.28. The van der Waals surface area contributed by atoms with Gasteiger partial charge < -0.3 is 10.4 Å². The summed E-state index contributed by atoms with van der Waals surface area (Å²) in [5.74, 6) is -0.223. The molecule has 0 rings (SSSR count). The lowest BCUT2D eigenvalue weighted by Gasteiger charge is -2.31. The molecule has 0 heterocycles. The Kier molecular flexibility index (Phi) is 5.33. The van der Waals surface area contributed by atoms with Crippen molar-refractivity contribution in [3.63, 3.8) is 0 Å². The Morgan fingerprint density at radius 3 is 2.23 bits per heavy atom. The fourth-order valence-corrected chi connectivity index (χ4v) is 1.11. The van der Waals surface area contributed by atoms with E-state index in [4.69, 9.17) is 16.7 Å². The first-order chi connectivity index (χ1) is 6.01. The van der Waals surface area contributed by atoms with Crippen LogP contribution < -0.4 is 5.32 Å². The summed E-state index contributed by atoms with van der Waals surface area (Å²) in [6.07, 6.45) is 1.41. The van der Waals surface area contributed by atoms with Gasteiger partial charge in [-0.3, -0.25) is 4.79 Å². The number of hydrogen-bond acceptors (Lipinski definition) is 2. The molecular weight excluding hydrogens is 190 g/mol. The standard InChI is InChI=1S/C9H18ClNO2/c1-4-9(5-2,6-12)11-8(13)7(3)10/h7,12H,4-6H2,1-3H3,(H,11,13).